The third kappa shape index (κ3) is 1.82. The number of nitrogen functional groups attached to an aromatic ring is 1. The van der Waals surface area contributed by atoms with Crippen LogP contribution in [0.3, 0.4) is 0 Å². The molecule has 1 amide bonds. The van der Waals surface area contributed by atoms with Gasteiger partial charge in [-0.25, -0.2) is 0 Å². The molecular weight excluding hydrogens is 188 g/mol. The number of rotatable bonds is 2. The van der Waals surface area contributed by atoms with Crippen molar-refractivity contribution in [2.45, 2.75) is 19.3 Å². The maximum atomic E-state index is 11.4. The van der Waals surface area contributed by atoms with Crippen LogP contribution < -0.4 is 11.1 Å². The van der Waals surface area contributed by atoms with E-state index >= 15 is 0 Å². The Morgan fingerprint density at radius 3 is 2.73 bits per heavy atom. The molecule has 1 fully saturated rings. The molecule has 2 rings (SSSR count). The van der Waals surface area contributed by atoms with Crippen LogP contribution in [0.2, 0.25) is 0 Å². The zero-order chi connectivity index (χ0) is 11.0. The average molecular weight is 204 g/mol. The third-order valence-electron chi connectivity index (χ3n) is 3.08. The molecule has 1 saturated carbocycles. The van der Waals surface area contributed by atoms with Gasteiger partial charge in [-0.1, -0.05) is 6.92 Å². The summed E-state index contributed by atoms with van der Waals surface area (Å²) >= 11 is 0. The highest BCUT2D eigenvalue weighted by atomic mass is 16.1. The maximum absolute atomic E-state index is 11.4. The van der Waals surface area contributed by atoms with Gasteiger partial charge in [-0.3, -0.25) is 4.79 Å². The summed E-state index contributed by atoms with van der Waals surface area (Å²) in [6, 6.07) is 5.51. The number of nitrogens with one attached hydrogen (secondary N) is 1. The molecule has 3 N–H and O–H groups in total. The van der Waals surface area contributed by atoms with Crippen LogP contribution in [-0.2, 0) is 0 Å². The highest BCUT2D eigenvalue weighted by Gasteiger charge is 2.35. The summed E-state index contributed by atoms with van der Waals surface area (Å²) in [5, 5.41) is 2.62. The van der Waals surface area contributed by atoms with Gasteiger partial charge in [-0.15, -0.1) is 0 Å². The second-order valence-electron chi connectivity index (χ2n) is 4.24. The lowest BCUT2D eigenvalue weighted by molar-refractivity contribution is 0.0963. The molecule has 1 aromatic carbocycles. The summed E-state index contributed by atoms with van der Waals surface area (Å²) in [5.74, 6) is 1.20. The summed E-state index contributed by atoms with van der Waals surface area (Å²) in [6.45, 7) is 2.21. The van der Waals surface area contributed by atoms with Gasteiger partial charge in [0, 0.05) is 18.3 Å². The molecular formula is C12H16N2O. The first-order valence-electron chi connectivity index (χ1n) is 5.25. The molecule has 1 aromatic rings. The fourth-order valence-corrected chi connectivity index (χ4v) is 1.94. The number of hydrogen-bond donors (Lipinski definition) is 2. The molecule has 0 aliphatic heterocycles. The molecule has 1 aliphatic carbocycles. The van der Waals surface area contributed by atoms with E-state index in [4.69, 9.17) is 5.73 Å². The molecule has 0 radical (unpaired) electrons. The number of carbonyl (C=O) groups excluding carboxylic acids is 1. The highest BCUT2D eigenvalue weighted by molar-refractivity contribution is 5.94. The maximum Gasteiger partial charge on any atom is 0.251 e. The largest absolute Gasteiger partial charge is 0.398 e. The lowest BCUT2D eigenvalue weighted by atomic mass is 10.0. The van der Waals surface area contributed by atoms with E-state index in [0.29, 0.717) is 17.4 Å². The molecule has 0 bridgehead atoms. The highest BCUT2D eigenvalue weighted by Crippen LogP contribution is 2.48. The van der Waals surface area contributed by atoms with E-state index in [2.05, 4.69) is 12.2 Å². The minimum absolute atomic E-state index is 0.0513. The number of hydrogen-bond acceptors (Lipinski definition) is 2. The Hall–Kier alpha value is -1.51. The number of nitrogens with two attached hydrogens (primary N) is 1. The van der Waals surface area contributed by atoms with Crippen molar-refractivity contribution < 1.29 is 4.79 Å². The van der Waals surface area contributed by atoms with Gasteiger partial charge in [0.15, 0.2) is 0 Å². The Kier molecular flexibility index (Phi) is 2.39. The van der Waals surface area contributed by atoms with Crippen molar-refractivity contribution in [3.63, 3.8) is 0 Å². The monoisotopic (exact) mass is 204 g/mol. The van der Waals surface area contributed by atoms with Crippen molar-refractivity contribution >= 4 is 11.6 Å². The van der Waals surface area contributed by atoms with Gasteiger partial charge in [0.25, 0.3) is 5.91 Å². The van der Waals surface area contributed by atoms with Gasteiger partial charge in [-0.05, 0) is 42.0 Å². The fraction of sp³-hybridized carbons (Fsp3) is 0.417. The van der Waals surface area contributed by atoms with Crippen LogP contribution in [-0.4, -0.2) is 13.0 Å². The normalized spacial score (nSPS) is 23.6. The van der Waals surface area contributed by atoms with E-state index in [1.165, 1.54) is 6.42 Å². The van der Waals surface area contributed by atoms with E-state index in [-0.39, 0.29) is 5.91 Å². The molecule has 0 spiro atoms. The van der Waals surface area contributed by atoms with E-state index < -0.39 is 0 Å². The van der Waals surface area contributed by atoms with Crippen LogP contribution in [0.4, 0.5) is 5.69 Å². The third-order valence-corrected chi connectivity index (χ3v) is 3.08. The molecule has 0 heterocycles. The first-order valence-corrected chi connectivity index (χ1v) is 5.25. The van der Waals surface area contributed by atoms with Crippen molar-refractivity contribution in [1.82, 2.24) is 5.32 Å². The van der Waals surface area contributed by atoms with E-state index in [9.17, 15) is 4.79 Å². The summed E-state index contributed by atoms with van der Waals surface area (Å²) < 4.78 is 0. The minimum Gasteiger partial charge on any atom is -0.398 e. The number of anilines is 1. The zero-order valence-electron chi connectivity index (χ0n) is 9.08. The predicted molar refractivity (Wildman–Crippen MR) is 60.8 cm³/mol. The zero-order valence-corrected chi connectivity index (χ0v) is 9.08. The van der Waals surface area contributed by atoms with Crippen LogP contribution >= 0.6 is 0 Å². The molecule has 80 valence electrons. The van der Waals surface area contributed by atoms with Crippen LogP contribution in [0.1, 0.15) is 35.2 Å². The van der Waals surface area contributed by atoms with Crippen molar-refractivity contribution in [1.29, 1.82) is 0 Å². The minimum atomic E-state index is -0.0513. The Morgan fingerprint density at radius 2 is 2.20 bits per heavy atom. The van der Waals surface area contributed by atoms with Crippen LogP contribution in [0.15, 0.2) is 18.2 Å². The molecule has 0 saturated heterocycles. The standard InChI is InChI=1S/C12H16N2O/c1-7-5-9(7)10-6-8(12(15)14-2)3-4-11(10)13/h3-4,6-7,9H,5,13H2,1-2H3,(H,14,15)/t7-,9?/m0/s1. The average Bonchev–Trinajstić information content (AvgIpc) is 2.95. The van der Waals surface area contributed by atoms with Gasteiger partial charge in [0.05, 0.1) is 0 Å². The van der Waals surface area contributed by atoms with Crippen LogP contribution in [0.5, 0.6) is 0 Å². The van der Waals surface area contributed by atoms with Gasteiger partial charge >= 0.3 is 0 Å². The predicted octanol–water partition coefficient (Wildman–Crippen LogP) is 1.75. The lowest BCUT2D eigenvalue weighted by Crippen LogP contribution is -2.18. The van der Waals surface area contributed by atoms with Gasteiger partial charge in [0.1, 0.15) is 0 Å². The molecule has 0 aromatic heterocycles. The van der Waals surface area contributed by atoms with Gasteiger partial charge in [0.2, 0.25) is 0 Å². The molecule has 2 atom stereocenters. The summed E-state index contributed by atoms with van der Waals surface area (Å²) in [7, 11) is 1.64. The summed E-state index contributed by atoms with van der Waals surface area (Å²) in [5.41, 5.74) is 8.53. The Labute approximate surface area is 89.7 Å². The van der Waals surface area contributed by atoms with E-state index in [1.54, 1.807) is 13.1 Å². The van der Waals surface area contributed by atoms with E-state index in [1.807, 2.05) is 12.1 Å². The molecule has 3 heteroatoms. The SMILES string of the molecule is CNC(=O)c1ccc(N)c(C2C[C@@H]2C)c1. The molecule has 1 aliphatic rings. The smallest absolute Gasteiger partial charge is 0.251 e. The second-order valence-corrected chi connectivity index (χ2v) is 4.24. The number of carbonyl (C=O) groups is 1. The lowest BCUT2D eigenvalue weighted by Gasteiger charge is -2.07. The van der Waals surface area contributed by atoms with Crippen molar-refractivity contribution in [2.75, 3.05) is 12.8 Å². The number of amides is 1. The van der Waals surface area contributed by atoms with Crippen molar-refractivity contribution in [3.05, 3.63) is 29.3 Å². The topological polar surface area (TPSA) is 55.1 Å². The van der Waals surface area contributed by atoms with Gasteiger partial charge < -0.3 is 11.1 Å². The van der Waals surface area contributed by atoms with E-state index in [0.717, 1.165) is 11.3 Å². The molecule has 15 heavy (non-hydrogen) atoms. The Balaban J connectivity index is 2.33. The first-order chi connectivity index (χ1) is 7.13. The quantitative estimate of drug-likeness (QED) is 0.721. The Bertz CT molecular complexity index is 401. The van der Waals surface area contributed by atoms with Crippen LogP contribution in [0, 0.1) is 5.92 Å². The number of benzene rings is 1. The van der Waals surface area contributed by atoms with Gasteiger partial charge in [-0.2, -0.15) is 0 Å². The molecule has 3 nitrogen and oxygen atoms in total. The summed E-state index contributed by atoms with van der Waals surface area (Å²) in [4.78, 5) is 11.4. The first kappa shape index (κ1) is 10.0. The van der Waals surface area contributed by atoms with Crippen molar-refractivity contribution in [3.8, 4) is 0 Å². The Morgan fingerprint density at radius 1 is 1.53 bits per heavy atom. The molecule has 1 unspecified atom stereocenters. The van der Waals surface area contributed by atoms with Crippen molar-refractivity contribution in [2.24, 2.45) is 5.92 Å². The van der Waals surface area contributed by atoms with Crippen LogP contribution in [0.25, 0.3) is 0 Å². The second kappa shape index (κ2) is 3.57. The summed E-state index contributed by atoms with van der Waals surface area (Å²) in [6.07, 6.45) is 1.18. The fourth-order valence-electron chi connectivity index (χ4n) is 1.94.